The maximum absolute atomic E-state index is 8.55. The minimum atomic E-state index is -0.699. The van der Waals surface area contributed by atoms with Crippen molar-refractivity contribution in [1.29, 1.82) is 0 Å². The van der Waals surface area contributed by atoms with Gasteiger partial charge in [-0.25, -0.2) is 0 Å². The summed E-state index contributed by atoms with van der Waals surface area (Å²) in [6.07, 6.45) is -0.926. The molecule has 1 rings (SSSR count). The molecule has 0 amide bonds. The summed E-state index contributed by atoms with van der Waals surface area (Å²) < 4.78 is 9.49. The molecular weight excluding hydrogens is 96.0 g/mol. The highest BCUT2D eigenvalue weighted by atomic mass is 16.8. The summed E-state index contributed by atoms with van der Waals surface area (Å²) in [7, 11) is 0. The lowest BCUT2D eigenvalue weighted by Gasteiger charge is -1.97. The second-order valence-corrected chi connectivity index (χ2v) is 1.49. The minimum Gasteiger partial charge on any atom is -0.366 e. The van der Waals surface area contributed by atoms with Gasteiger partial charge in [0.25, 0.3) is 0 Å². The molecule has 1 aliphatic rings. The first-order chi connectivity index (χ1) is 3.29. The maximum Gasteiger partial charge on any atom is 0.181 e. The molecule has 0 radical (unpaired) electrons. The van der Waals surface area contributed by atoms with Crippen molar-refractivity contribution < 1.29 is 14.6 Å². The van der Waals surface area contributed by atoms with Crippen LogP contribution in [-0.4, -0.2) is 24.3 Å². The summed E-state index contributed by atoms with van der Waals surface area (Å²) in [4.78, 5) is 0. The Morgan fingerprint density at radius 1 is 1.71 bits per heavy atom. The molecule has 2 atom stereocenters. The highest BCUT2D eigenvalue weighted by Crippen LogP contribution is 2.06. The zero-order chi connectivity index (χ0) is 5.28. The normalized spacial score (nSPS) is 42.0. The molecule has 0 aromatic carbocycles. The van der Waals surface area contributed by atoms with Crippen molar-refractivity contribution in [2.75, 3.05) is 6.61 Å². The van der Waals surface area contributed by atoms with Gasteiger partial charge in [0, 0.05) is 0 Å². The standard InChI is InChI=1S/C4H8O3/c1-3-6-2-4(5)7-3/h3-5H,2H2,1H3. The molecule has 2 unspecified atom stereocenters. The summed E-state index contributed by atoms with van der Waals surface area (Å²) in [5.41, 5.74) is 0. The Morgan fingerprint density at radius 3 is 2.57 bits per heavy atom. The zero-order valence-corrected chi connectivity index (χ0v) is 4.13. The molecule has 1 N–H and O–H groups in total. The molecule has 1 saturated heterocycles. The quantitative estimate of drug-likeness (QED) is 0.458. The van der Waals surface area contributed by atoms with Gasteiger partial charge in [-0.1, -0.05) is 0 Å². The molecule has 1 heterocycles. The Balaban J connectivity index is 2.26. The predicted octanol–water partition coefficient (Wildman–Crippen LogP) is -0.302. The molecule has 0 spiro atoms. The van der Waals surface area contributed by atoms with Gasteiger partial charge in [0.15, 0.2) is 12.6 Å². The van der Waals surface area contributed by atoms with Crippen LogP contribution in [0.2, 0.25) is 0 Å². The van der Waals surface area contributed by atoms with Crippen molar-refractivity contribution >= 4 is 0 Å². The molecule has 7 heavy (non-hydrogen) atoms. The zero-order valence-electron chi connectivity index (χ0n) is 4.13. The summed E-state index contributed by atoms with van der Waals surface area (Å²) in [6.45, 7) is 2.05. The van der Waals surface area contributed by atoms with Crippen molar-refractivity contribution in [3.05, 3.63) is 0 Å². The highest BCUT2D eigenvalue weighted by Gasteiger charge is 2.18. The summed E-state index contributed by atoms with van der Waals surface area (Å²) in [5.74, 6) is 0. The van der Waals surface area contributed by atoms with Crippen molar-refractivity contribution in [2.45, 2.75) is 19.5 Å². The number of aliphatic hydroxyl groups is 1. The molecular formula is C4H8O3. The molecule has 0 saturated carbocycles. The van der Waals surface area contributed by atoms with Crippen LogP contribution >= 0.6 is 0 Å². The van der Waals surface area contributed by atoms with Crippen LogP contribution in [0.25, 0.3) is 0 Å². The topological polar surface area (TPSA) is 38.7 Å². The molecule has 3 heteroatoms. The Labute approximate surface area is 41.8 Å². The minimum absolute atomic E-state index is 0.227. The largest absolute Gasteiger partial charge is 0.366 e. The molecule has 1 fully saturated rings. The van der Waals surface area contributed by atoms with Crippen molar-refractivity contribution in [3.8, 4) is 0 Å². The van der Waals surface area contributed by atoms with E-state index in [0.29, 0.717) is 6.61 Å². The van der Waals surface area contributed by atoms with E-state index in [4.69, 9.17) is 14.6 Å². The van der Waals surface area contributed by atoms with E-state index in [0.717, 1.165) is 0 Å². The Kier molecular flexibility index (Phi) is 1.27. The van der Waals surface area contributed by atoms with E-state index in [2.05, 4.69) is 0 Å². The van der Waals surface area contributed by atoms with E-state index in [1.54, 1.807) is 6.92 Å². The van der Waals surface area contributed by atoms with Crippen LogP contribution in [0.4, 0.5) is 0 Å². The Hall–Kier alpha value is -0.120. The Bertz CT molecular complexity index is 56.0. The Morgan fingerprint density at radius 2 is 2.43 bits per heavy atom. The van der Waals surface area contributed by atoms with Crippen LogP contribution in [-0.2, 0) is 9.47 Å². The van der Waals surface area contributed by atoms with Crippen LogP contribution in [0.15, 0.2) is 0 Å². The van der Waals surface area contributed by atoms with Gasteiger partial charge in [0.1, 0.15) is 6.61 Å². The predicted molar refractivity (Wildman–Crippen MR) is 22.5 cm³/mol. The first-order valence-electron chi connectivity index (χ1n) is 2.24. The van der Waals surface area contributed by atoms with Gasteiger partial charge in [-0.3, -0.25) is 0 Å². The summed E-state index contributed by atoms with van der Waals surface area (Å²) in [6, 6.07) is 0. The lowest BCUT2D eigenvalue weighted by molar-refractivity contribution is -0.104. The second-order valence-electron chi connectivity index (χ2n) is 1.49. The summed E-state index contributed by atoms with van der Waals surface area (Å²) >= 11 is 0. The van der Waals surface area contributed by atoms with Gasteiger partial charge in [0.2, 0.25) is 0 Å². The average molecular weight is 104 g/mol. The molecule has 0 aromatic heterocycles. The first kappa shape index (κ1) is 5.03. The lowest BCUT2D eigenvalue weighted by atomic mass is 10.7. The smallest absolute Gasteiger partial charge is 0.181 e. The van der Waals surface area contributed by atoms with Gasteiger partial charge in [-0.15, -0.1) is 0 Å². The molecule has 42 valence electrons. The van der Waals surface area contributed by atoms with E-state index in [9.17, 15) is 0 Å². The molecule has 1 aliphatic heterocycles. The summed E-state index contributed by atoms with van der Waals surface area (Å²) in [5, 5.41) is 8.55. The molecule has 3 nitrogen and oxygen atoms in total. The van der Waals surface area contributed by atoms with Crippen LogP contribution < -0.4 is 0 Å². The van der Waals surface area contributed by atoms with Gasteiger partial charge >= 0.3 is 0 Å². The van der Waals surface area contributed by atoms with Crippen molar-refractivity contribution in [2.24, 2.45) is 0 Å². The van der Waals surface area contributed by atoms with Gasteiger partial charge < -0.3 is 14.6 Å². The van der Waals surface area contributed by atoms with E-state index in [1.807, 2.05) is 0 Å². The van der Waals surface area contributed by atoms with E-state index < -0.39 is 6.29 Å². The number of aliphatic hydroxyl groups excluding tert-OH is 1. The van der Waals surface area contributed by atoms with E-state index in [1.165, 1.54) is 0 Å². The monoisotopic (exact) mass is 104 g/mol. The molecule has 0 bridgehead atoms. The maximum atomic E-state index is 8.55. The molecule has 0 aliphatic carbocycles. The lowest BCUT2D eigenvalue weighted by Crippen LogP contribution is -2.07. The van der Waals surface area contributed by atoms with Gasteiger partial charge in [-0.05, 0) is 6.92 Å². The van der Waals surface area contributed by atoms with E-state index >= 15 is 0 Å². The fourth-order valence-electron chi connectivity index (χ4n) is 0.518. The number of ether oxygens (including phenoxy) is 2. The van der Waals surface area contributed by atoms with Crippen molar-refractivity contribution in [3.63, 3.8) is 0 Å². The van der Waals surface area contributed by atoms with Crippen LogP contribution in [0.3, 0.4) is 0 Å². The number of hydrogen-bond acceptors (Lipinski definition) is 3. The van der Waals surface area contributed by atoms with E-state index in [-0.39, 0.29) is 6.29 Å². The molecule has 0 aromatic rings. The fraction of sp³-hybridized carbons (Fsp3) is 1.00. The van der Waals surface area contributed by atoms with Crippen LogP contribution in [0.1, 0.15) is 6.92 Å². The fourth-order valence-corrected chi connectivity index (χ4v) is 0.518. The number of hydrogen-bond donors (Lipinski definition) is 1. The third-order valence-electron chi connectivity index (χ3n) is 0.822. The second kappa shape index (κ2) is 1.78. The third-order valence-corrected chi connectivity index (χ3v) is 0.822. The SMILES string of the molecule is CC1OCC(O)O1. The van der Waals surface area contributed by atoms with Crippen LogP contribution in [0.5, 0.6) is 0 Å². The van der Waals surface area contributed by atoms with Gasteiger partial charge in [-0.2, -0.15) is 0 Å². The van der Waals surface area contributed by atoms with Crippen molar-refractivity contribution in [1.82, 2.24) is 0 Å². The van der Waals surface area contributed by atoms with Gasteiger partial charge in [0.05, 0.1) is 0 Å². The average Bonchev–Trinajstić information content (AvgIpc) is 1.87. The third kappa shape index (κ3) is 1.12. The first-order valence-corrected chi connectivity index (χ1v) is 2.24. The number of rotatable bonds is 0. The highest BCUT2D eigenvalue weighted by molar-refractivity contribution is 4.46. The van der Waals surface area contributed by atoms with Crippen LogP contribution in [0, 0.1) is 0 Å².